The number of amides is 1. The van der Waals surface area contributed by atoms with Gasteiger partial charge in [-0.2, -0.15) is 4.68 Å². The maximum absolute atomic E-state index is 14.1. The third-order valence-electron chi connectivity index (χ3n) is 5.42. The summed E-state index contributed by atoms with van der Waals surface area (Å²) in [5.74, 6) is -0.475. The number of carbonyl (C=O) groups is 1. The van der Waals surface area contributed by atoms with Gasteiger partial charge in [0.1, 0.15) is 11.6 Å². The SMILES string of the molecule is Cc1onc(C(=O)N2CCN(Cc3c(F)cccc3Cl)CC2)c1Cn1ccc([N+](=O)[O-])n1. The molecule has 1 amide bonds. The largest absolute Gasteiger partial charge is 0.389 e. The van der Waals surface area contributed by atoms with Crippen molar-refractivity contribution in [3.63, 3.8) is 0 Å². The summed E-state index contributed by atoms with van der Waals surface area (Å²) in [5, 5.41) is 19.0. The fourth-order valence-corrected chi connectivity index (χ4v) is 3.83. The summed E-state index contributed by atoms with van der Waals surface area (Å²) < 4.78 is 20.7. The Labute approximate surface area is 187 Å². The van der Waals surface area contributed by atoms with Crippen molar-refractivity contribution < 1.29 is 18.6 Å². The van der Waals surface area contributed by atoms with Crippen LogP contribution in [-0.4, -0.2) is 61.7 Å². The van der Waals surface area contributed by atoms with Gasteiger partial charge in [0, 0.05) is 43.3 Å². The second-order valence-electron chi connectivity index (χ2n) is 7.46. The smallest absolute Gasteiger partial charge is 0.361 e. The molecule has 0 radical (unpaired) electrons. The van der Waals surface area contributed by atoms with Crippen molar-refractivity contribution in [2.75, 3.05) is 26.2 Å². The summed E-state index contributed by atoms with van der Waals surface area (Å²) in [5.41, 5.74) is 1.12. The highest BCUT2D eigenvalue weighted by atomic mass is 35.5. The van der Waals surface area contributed by atoms with Gasteiger partial charge >= 0.3 is 5.82 Å². The fourth-order valence-electron chi connectivity index (χ4n) is 3.61. The Bertz CT molecular complexity index is 1130. The first-order chi connectivity index (χ1) is 15.3. The van der Waals surface area contributed by atoms with Crippen molar-refractivity contribution in [2.45, 2.75) is 20.0 Å². The Morgan fingerprint density at radius 1 is 1.22 bits per heavy atom. The molecular formula is C20H20ClFN6O4. The summed E-state index contributed by atoms with van der Waals surface area (Å²) in [6, 6.07) is 5.88. The second-order valence-corrected chi connectivity index (χ2v) is 7.87. The summed E-state index contributed by atoms with van der Waals surface area (Å²) >= 11 is 6.12. The number of aromatic nitrogens is 3. The topological polar surface area (TPSA) is 111 Å². The molecule has 0 aliphatic carbocycles. The van der Waals surface area contributed by atoms with E-state index < -0.39 is 4.92 Å². The molecule has 1 saturated heterocycles. The maximum atomic E-state index is 14.1. The summed E-state index contributed by atoms with van der Waals surface area (Å²) in [6.07, 6.45) is 1.46. The van der Waals surface area contributed by atoms with E-state index in [0.29, 0.717) is 54.6 Å². The van der Waals surface area contributed by atoms with E-state index in [9.17, 15) is 19.3 Å². The van der Waals surface area contributed by atoms with Gasteiger partial charge < -0.3 is 19.5 Å². The first-order valence-corrected chi connectivity index (χ1v) is 10.3. The third kappa shape index (κ3) is 4.48. The first kappa shape index (κ1) is 21.9. The van der Waals surface area contributed by atoms with Gasteiger partial charge in [-0.25, -0.2) is 4.39 Å². The van der Waals surface area contributed by atoms with Crippen LogP contribution < -0.4 is 0 Å². The van der Waals surface area contributed by atoms with Gasteiger partial charge in [-0.3, -0.25) is 9.69 Å². The lowest BCUT2D eigenvalue weighted by Gasteiger charge is -2.34. The lowest BCUT2D eigenvalue weighted by Crippen LogP contribution is -2.48. The third-order valence-corrected chi connectivity index (χ3v) is 5.78. The Balaban J connectivity index is 1.42. The molecular weight excluding hydrogens is 443 g/mol. The van der Waals surface area contributed by atoms with Crippen LogP contribution in [0.3, 0.4) is 0 Å². The van der Waals surface area contributed by atoms with Gasteiger partial charge in [-0.05, 0) is 24.0 Å². The van der Waals surface area contributed by atoms with Gasteiger partial charge in [0.05, 0.1) is 29.5 Å². The monoisotopic (exact) mass is 462 g/mol. The van der Waals surface area contributed by atoms with E-state index in [1.54, 1.807) is 24.0 Å². The van der Waals surface area contributed by atoms with Crippen molar-refractivity contribution in [2.24, 2.45) is 0 Å². The van der Waals surface area contributed by atoms with Gasteiger partial charge in [-0.15, -0.1) is 0 Å². The van der Waals surface area contributed by atoms with E-state index >= 15 is 0 Å². The second kappa shape index (κ2) is 9.05. The summed E-state index contributed by atoms with van der Waals surface area (Å²) in [6.45, 7) is 4.12. The Hall–Kier alpha value is -3.31. The Morgan fingerprint density at radius 2 is 1.97 bits per heavy atom. The predicted molar refractivity (Wildman–Crippen MR) is 112 cm³/mol. The zero-order valence-corrected chi connectivity index (χ0v) is 18.0. The average Bonchev–Trinajstić information content (AvgIpc) is 3.39. The van der Waals surface area contributed by atoms with Gasteiger partial charge in [0.15, 0.2) is 5.69 Å². The van der Waals surface area contributed by atoms with Crippen molar-refractivity contribution in [3.05, 3.63) is 74.0 Å². The number of carbonyl (C=O) groups excluding carboxylic acids is 1. The van der Waals surface area contributed by atoms with Crippen LogP contribution in [0, 0.1) is 22.9 Å². The molecule has 1 fully saturated rings. The number of hydrogen-bond acceptors (Lipinski definition) is 7. The fraction of sp³-hybridized carbons (Fsp3) is 0.350. The Kier molecular flexibility index (Phi) is 6.19. The molecule has 0 bridgehead atoms. The normalized spacial score (nSPS) is 14.7. The molecule has 1 aromatic carbocycles. The van der Waals surface area contributed by atoms with Crippen molar-refractivity contribution >= 4 is 23.3 Å². The van der Waals surface area contributed by atoms with Gasteiger partial charge in [0.25, 0.3) is 5.91 Å². The van der Waals surface area contributed by atoms with Crippen LogP contribution in [0.25, 0.3) is 0 Å². The van der Waals surface area contributed by atoms with Gasteiger partial charge in [-0.1, -0.05) is 22.8 Å². The number of nitro groups is 1. The highest BCUT2D eigenvalue weighted by molar-refractivity contribution is 6.31. The van der Waals surface area contributed by atoms with Crippen LogP contribution in [-0.2, 0) is 13.1 Å². The number of halogens is 2. The molecule has 0 atom stereocenters. The lowest BCUT2D eigenvalue weighted by molar-refractivity contribution is -0.389. The maximum Gasteiger partial charge on any atom is 0.389 e. The number of hydrogen-bond donors (Lipinski definition) is 0. The number of piperazine rings is 1. The van der Waals surface area contributed by atoms with Crippen molar-refractivity contribution in [1.82, 2.24) is 24.7 Å². The highest BCUT2D eigenvalue weighted by Crippen LogP contribution is 2.22. The number of aryl methyl sites for hydroxylation is 1. The molecule has 1 aliphatic rings. The molecule has 12 heteroatoms. The first-order valence-electron chi connectivity index (χ1n) is 9.91. The minimum absolute atomic E-state index is 0.121. The van der Waals surface area contributed by atoms with E-state index in [2.05, 4.69) is 10.3 Å². The van der Waals surface area contributed by atoms with Crippen molar-refractivity contribution in [1.29, 1.82) is 0 Å². The number of benzene rings is 1. The van der Waals surface area contributed by atoms with Crippen LogP contribution in [0.1, 0.15) is 27.4 Å². The number of nitrogens with zero attached hydrogens (tertiary/aromatic N) is 6. The molecule has 168 valence electrons. The number of rotatable bonds is 6. The minimum Gasteiger partial charge on any atom is -0.361 e. The highest BCUT2D eigenvalue weighted by Gasteiger charge is 2.29. The molecule has 0 saturated carbocycles. The van der Waals surface area contributed by atoms with E-state index in [0.717, 1.165) is 0 Å². The molecule has 0 spiro atoms. The van der Waals surface area contributed by atoms with Gasteiger partial charge in [0.2, 0.25) is 0 Å². The van der Waals surface area contributed by atoms with Crippen molar-refractivity contribution in [3.8, 4) is 0 Å². The van der Waals surface area contributed by atoms with E-state index in [-0.39, 0.29) is 29.8 Å². The molecule has 2 aromatic heterocycles. The molecule has 3 aromatic rings. The standard InChI is InChI=1S/C20H20ClFN6O4/c1-13-14(12-27-6-5-18(23-27)28(30)31)19(24-32-13)20(29)26-9-7-25(8-10-26)11-15-16(21)3-2-4-17(15)22/h2-6H,7-12H2,1H3. The summed E-state index contributed by atoms with van der Waals surface area (Å²) in [7, 11) is 0. The van der Waals surface area contributed by atoms with Crippen LogP contribution in [0.4, 0.5) is 10.2 Å². The van der Waals surface area contributed by atoms with Crippen LogP contribution in [0.2, 0.25) is 5.02 Å². The summed E-state index contributed by atoms with van der Waals surface area (Å²) in [4.78, 5) is 27.0. The molecule has 0 unspecified atom stereocenters. The minimum atomic E-state index is -0.586. The quantitative estimate of drug-likeness (QED) is 0.409. The van der Waals surface area contributed by atoms with Crippen LogP contribution in [0.5, 0.6) is 0 Å². The van der Waals surface area contributed by atoms with E-state index in [4.69, 9.17) is 16.1 Å². The molecule has 10 nitrogen and oxygen atoms in total. The zero-order chi connectivity index (χ0) is 22.8. The van der Waals surface area contributed by atoms with Crippen LogP contribution >= 0.6 is 11.6 Å². The van der Waals surface area contributed by atoms with E-state index in [1.807, 2.05) is 4.90 Å². The molecule has 1 aliphatic heterocycles. The average molecular weight is 463 g/mol. The predicted octanol–water partition coefficient (Wildman–Crippen LogP) is 2.89. The lowest BCUT2D eigenvalue weighted by atomic mass is 10.1. The molecule has 4 rings (SSSR count). The van der Waals surface area contributed by atoms with E-state index in [1.165, 1.54) is 23.0 Å². The molecule has 0 N–H and O–H groups in total. The molecule has 32 heavy (non-hydrogen) atoms. The zero-order valence-electron chi connectivity index (χ0n) is 17.2. The Morgan fingerprint density at radius 3 is 2.62 bits per heavy atom. The molecule has 3 heterocycles. The van der Waals surface area contributed by atoms with Crippen LogP contribution in [0.15, 0.2) is 35.0 Å².